The minimum Gasteiger partial charge on any atom is -0.496 e. The number of piperazine rings is 1. The molecule has 9 heteroatoms. The third kappa shape index (κ3) is 5.30. The Morgan fingerprint density at radius 1 is 1.09 bits per heavy atom. The van der Waals surface area contributed by atoms with Crippen LogP contribution in [0, 0.1) is 0 Å². The number of methoxy groups -OCH3 is 1. The molecule has 8 nitrogen and oxygen atoms in total. The summed E-state index contributed by atoms with van der Waals surface area (Å²) >= 11 is 0. The van der Waals surface area contributed by atoms with Crippen molar-refractivity contribution in [1.29, 1.82) is 0 Å². The Kier molecular flexibility index (Phi) is 6.79. The van der Waals surface area contributed by atoms with Crippen molar-refractivity contribution in [1.82, 2.24) is 9.80 Å². The lowest BCUT2D eigenvalue weighted by Gasteiger charge is -2.40. The van der Waals surface area contributed by atoms with Gasteiger partial charge in [-0.25, -0.2) is 4.79 Å². The zero-order valence-electron chi connectivity index (χ0n) is 21.4. The van der Waals surface area contributed by atoms with E-state index in [0.717, 1.165) is 5.46 Å². The van der Waals surface area contributed by atoms with Gasteiger partial charge in [-0.15, -0.1) is 0 Å². The fourth-order valence-corrected chi connectivity index (χ4v) is 3.92. The van der Waals surface area contributed by atoms with Crippen LogP contribution in [0.1, 0.15) is 65.7 Å². The number of hydrogen-bond acceptors (Lipinski definition) is 6. The van der Waals surface area contributed by atoms with Crippen molar-refractivity contribution in [3.63, 3.8) is 0 Å². The molecule has 1 aromatic rings. The smallest absolute Gasteiger partial charge is 0.494 e. The minimum absolute atomic E-state index is 0.136. The molecular weight excluding hydrogens is 423 g/mol. The number of benzene rings is 1. The molecule has 3 rings (SSSR count). The van der Waals surface area contributed by atoms with E-state index in [-0.39, 0.29) is 18.0 Å². The maximum absolute atomic E-state index is 13.4. The maximum Gasteiger partial charge on any atom is 0.494 e. The Labute approximate surface area is 197 Å². The first-order chi connectivity index (χ1) is 15.1. The zero-order chi connectivity index (χ0) is 24.8. The lowest BCUT2D eigenvalue weighted by Crippen LogP contribution is -2.56. The van der Waals surface area contributed by atoms with Gasteiger partial charge in [0.1, 0.15) is 11.4 Å². The highest BCUT2D eigenvalue weighted by Gasteiger charge is 2.51. The van der Waals surface area contributed by atoms with E-state index in [1.807, 2.05) is 61.5 Å². The highest BCUT2D eigenvalue weighted by molar-refractivity contribution is 6.62. The second-order valence-electron chi connectivity index (χ2n) is 10.8. The van der Waals surface area contributed by atoms with Crippen LogP contribution >= 0.6 is 0 Å². The van der Waals surface area contributed by atoms with Gasteiger partial charge in [0.2, 0.25) is 0 Å². The second-order valence-corrected chi connectivity index (χ2v) is 10.8. The van der Waals surface area contributed by atoms with Crippen molar-refractivity contribution in [3.8, 4) is 5.75 Å². The molecule has 0 saturated carbocycles. The SMILES string of the molecule is COc1cc(B2OC(C)(C)C(C)(C)O2)ccc1C(=O)N1CCN(C(=O)OC(C)(C)C)C[C@@H]1C. The van der Waals surface area contributed by atoms with Gasteiger partial charge in [0.15, 0.2) is 0 Å². The number of amides is 2. The molecule has 2 aliphatic heterocycles. The molecule has 0 aliphatic carbocycles. The number of carbonyl (C=O) groups is 2. The van der Waals surface area contributed by atoms with Gasteiger partial charge in [-0.2, -0.15) is 0 Å². The summed E-state index contributed by atoms with van der Waals surface area (Å²) in [5.74, 6) is 0.331. The van der Waals surface area contributed by atoms with Crippen LogP contribution in [0.25, 0.3) is 0 Å². The van der Waals surface area contributed by atoms with Crippen LogP contribution in [0.4, 0.5) is 4.79 Å². The first kappa shape index (κ1) is 25.4. The van der Waals surface area contributed by atoms with Gasteiger partial charge in [-0.1, -0.05) is 6.07 Å². The van der Waals surface area contributed by atoms with Gasteiger partial charge in [0, 0.05) is 25.7 Å². The van der Waals surface area contributed by atoms with E-state index >= 15 is 0 Å². The van der Waals surface area contributed by atoms with Gasteiger partial charge < -0.3 is 28.6 Å². The molecule has 2 aliphatic rings. The molecule has 182 valence electrons. The molecule has 1 aromatic carbocycles. The minimum atomic E-state index is -0.556. The van der Waals surface area contributed by atoms with E-state index in [1.54, 1.807) is 29.0 Å². The highest BCUT2D eigenvalue weighted by Crippen LogP contribution is 2.37. The van der Waals surface area contributed by atoms with Gasteiger partial charge in [-0.05, 0) is 73.0 Å². The molecule has 2 fully saturated rings. The van der Waals surface area contributed by atoms with Gasteiger partial charge in [-0.3, -0.25) is 4.79 Å². The molecule has 2 saturated heterocycles. The predicted octanol–water partition coefficient (Wildman–Crippen LogP) is 3.08. The molecule has 0 unspecified atom stereocenters. The predicted molar refractivity (Wildman–Crippen MR) is 127 cm³/mol. The first-order valence-corrected chi connectivity index (χ1v) is 11.5. The van der Waals surface area contributed by atoms with Crippen molar-refractivity contribution in [3.05, 3.63) is 23.8 Å². The molecule has 0 radical (unpaired) electrons. The molecule has 0 spiro atoms. The second kappa shape index (κ2) is 8.83. The summed E-state index contributed by atoms with van der Waals surface area (Å²) in [4.78, 5) is 29.2. The quantitative estimate of drug-likeness (QED) is 0.646. The van der Waals surface area contributed by atoms with Gasteiger partial charge >= 0.3 is 13.2 Å². The number of carbonyl (C=O) groups excluding carboxylic acids is 2. The molecule has 33 heavy (non-hydrogen) atoms. The van der Waals surface area contributed by atoms with Crippen LogP contribution in [-0.4, -0.2) is 78.5 Å². The molecule has 2 heterocycles. The fourth-order valence-electron chi connectivity index (χ4n) is 3.92. The summed E-state index contributed by atoms with van der Waals surface area (Å²) in [7, 11) is 1.01. The van der Waals surface area contributed by atoms with E-state index < -0.39 is 23.9 Å². The fraction of sp³-hybridized carbons (Fsp3) is 0.667. The average molecular weight is 460 g/mol. The van der Waals surface area contributed by atoms with Crippen molar-refractivity contribution in [2.24, 2.45) is 0 Å². The van der Waals surface area contributed by atoms with E-state index in [4.69, 9.17) is 18.8 Å². The van der Waals surface area contributed by atoms with Gasteiger partial charge in [0.05, 0.1) is 23.9 Å². The molecule has 0 N–H and O–H groups in total. The molecule has 0 bridgehead atoms. The Balaban J connectivity index is 1.74. The summed E-state index contributed by atoms with van der Waals surface area (Å²) in [6.45, 7) is 16.7. The molecule has 1 atom stereocenters. The number of ether oxygens (including phenoxy) is 2. The van der Waals surface area contributed by atoms with Crippen molar-refractivity contribution in [2.45, 2.75) is 78.2 Å². The third-order valence-electron chi connectivity index (χ3n) is 6.52. The topological polar surface area (TPSA) is 77.5 Å². The zero-order valence-corrected chi connectivity index (χ0v) is 21.4. The van der Waals surface area contributed by atoms with Crippen LogP contribution in [0.15, 0.2) is 18.2 Å². The van der Waals surface area contributed by atoms with Crippen LogP contribution < -0.4 is 10.2 Å². The Hall–Kier alpha value is -2.26. The van der Waals surface area contributed by atoms with Gasteiger partial charge in [0.25, 0.3) is 5.91 Å². The highest BCUT2D eigenvalue weighted by atomic mass is 16.7. The van der Waals surface area contributed by atoms with E-state index in [0.29, 0.717) is 30.9 Å². The molecular formula is C24H37BN2O6. The Morgan fingerprint density at radius 2 is 1.70 bits per heavy atom. The summed E-state index contributed by atoms with van der Waals surface area (Å²) in [5.41, 5.74) is -0.203. The molecule has 0 aromatic heterocycles. The largest absolute Gasteiger partial charge is 0.496 e. The lowest BCUT2D eigenvalue weighted by atomic mass is 9.78. The maximum atomic E-state index is 13.4. The normalized spacial score (nSPS) is 22.3. The number of rotatable bonds is 3. The monoisotopic (exact) mass is 460 g/mol. The van der Waals surface area contributed by atoms with Crippen molar-refractivity contribution >= 4 is 24.6 Å². The van der Waals surface area contributed by atoms with Crippen LogP contribution in [0.5, 0.6) is 5.75 Å². The van der Waals surface area contributed by atoms with Crippen molar-refractivity contribution < 1.29 is 28.4 Å². The first-order valence-electron chi connectivity index (χ1n) is 11.5. The summed E-state index contributed by atoms with van der Waals surface area (Å²) < 4.78 is 23.3. The van der Waals surface area contributed by atoms with Crippen LogP contribution in [0.2, 0.25) is 0 Å². The Bertz CT molecular complexity index is 895. The summed E-state index contributed by atoms with van der Waals surface area (Å²) in [5, 5.41) is 0. The summed E-state index contributed by atoms with van der Waals surface area (Å²) in [6, 6.07) is 5.25. The van der Waals surface area contributed by atoms with E-state index in [2.05, 4.69) is 0 Å². The van der Waals surface area contributed by atoms with Crippen LogP contribution in [-0.2, 0) is 14.0 Å². The van der Waals surface area contributed by atoms with Crippen LogP contribution in [0.3, 0.4) is 0 Å². The Morgan fingerprint density at radius 3 is 2.21 bits per heavy atom. The average Bonchev–Trinajstić information content (AvgIpc) is 2.92. The van der Waals surface area contributed by atoms with Crippen molar-refractivity contribution in [2.75, 3.05) is 26.7 Å². The van der Waals surface area contributed by atoms with E-state index in [9.17, 15) is 9.59 Å². The number of hydrogen-bond donors (Lipinski definition) is 0. The molecule has 2 amide bonds. The third-order valence-corrected chi connectivity index (χ3v) is 6.52. The van der Waals surface area contributed by atoms with E-state index in [1.165, 1.54) is 0 Å². The lowest BCUT2D eigenvalue weighted by molar-refractivity contribution is 0.00578. The summed E-state index contributed by atoms with van der Waals surface area (Å²) in [6.07, 6.45) is -0.356. The standard InChI is InChI=1S/C24H37BN2O6/c1-16-15-26(21(29)31-22(2,3)4)12-13-27(16)20(28)18-11-10-17(14-19(18)30-9)25-32-23(5,6)24(7,8)33-25/h10-11,14,16H,12-13,15H2,1-9H3/t16-/m0/s1. The number of nitrogens with zero attached hydrogens (tertiary/aromatic N) is 2.